The number of esters is 2. The monoisotopic (exact) mass is 400 g/mol. The molecule has 4 rings (SSSR count). The maximum atomic E-state index is 12.1. The fourth-order valence-electron chi connectivity index (χ4n) is 3.76. The first-order chi connectivity index (χ1) is 14.1. The summed E-state index contributed by atoms with van der Waals surface area (Å²) < 4.78 is 16.5. The highest BCUT2D eigenvalue weighted by Crippen LogP contribution is 2.32. The van der Waals surface area contributed by atoms with Crippen LogP contribution >= 0.6 is 0 Å². The van der Waals surface area contributed by atoms with Crippen LogP contribution in [0.4, 0.5) is 0 Å². The second-order valence-electron chi connectivity index (χ2n) is 7.34. The molecule has 0 bridgehead atoms. The SMILES string of the molecule is O=C1C=CC(=O)OC(Oc2cccc3[nH]ccc23)(C(O)CNC2CCCCC2)O1. The molecular weight excluding hydrogens is 376 g/mol. The van der Waals surface area contributed by atoms with Gasteiger partial charge in [-0.15, -0.1) is 0 Å². The molecule has 1 fully saturated rings. The van der Waals surface area contributed by atoms with Crippen LogP contribution in [0.25, 0.3) is 10.9 Å². The van der Waals surface area contributed by atoms with Crippen molar-refractivity contribution in [3.8, 4) is 5.75 Å². The summed E-state index contributed by atoms with van der Waals surface area (Å²) in [5.74, 6) is -3.67. The molecule has 1 aliphatic carbocycles. The maximum absolute atomic E-state index is 12.1. The number of H-pyrrole nitrogens is 1. The van der Waals surface area contributed by atoms with Crippen molar-refractivity contribution in [1.82, 2.24) is 10.3 Å². The lowest BCUT2D eigenvalue weighted by Crippen LogP contribution is -2.58. The highest BCUT2D eigenvalue weighted by Gasteiger charge is 2.50. The topological polar surface area (TPSA) is 110 Å². The number of benzene rings is 1. The molecule has 1 unspecified atom stereocenters. The van der Waals surface area contributed by atoms with Gasteiger partial charge in [-0.25, -0.2) is 9.59 Å². The molecule has 8 nitrogen and oxygen atoms in total. The molecule has 8 heteroatoms. The molecule has 1 aromatic carbocycles. The van der Waals surface area contributed by atoms with Gasteiger partial charge in [0.05, 0.1) is 0 Å². The standard InChI is InChI=1S/C21H24N2O6/c24-18(13-23-14-5-2-1-3-6-14)21(28-19(25)9-10-20(26)29-21)27-17-8-4-7-16-15(17)11-12-22-16/h4,7-12,14,18,22-24H,1-3,5-6,13H2. The Bertz CT molecular complexity index is 895. The Labute approximate surface area is 167 Å². The van der Waals surface area contributed by atoms with Crippen molar-refractivity contribution in [3.05, 3.63) is 42.6 Å². The molecule has 2 heterocycles. The number of aromatic nitrogens is 1. The summed E-state index contributed by atoms with van der Waals surface area (Å²) in [4.78, 5) is 27.3. The highest BCUT2D eigenvalue weighted by molar-refractivity contribution is 5.93. The third kappa shape index (κ3) is 4.28. The van der Waals surface area contributed by atoms with Crippen molar-refractivity contribution in [2.75, 3.05) is 6.54 Å². The average Bonchev–Trinajstić information content (AvgIpc) is 3.15. The maximum Gasteiger partial charge on any atom is 0.451 e. The van der Waals surface area contributed by atoms with Crippen LogP contribution in [0.5, 0.6) is 5.75 Å². The minimum Gasteiger partial charge on any atom is -0.418 e. The number of fused-ring (bicyclic) bond motifs is 1. The van der Waals surface area contributed by atoms with E-state index in [9.17, 15) is 14.7 Å². The van der Waals surface area contributed by atoms with Gasteiger partial charge in [-0.1, -0.05) is 25.3 Å². The minimum absolute atomic E-state index is 0.0361. The number of aromatic amines is 1. The zero-order chi connectivity index (χ0) is 20.3. The van der Waals surface area contributed by atoms with Crippen LogP contribution in [-0.4, -0.2) is 46.7 Å². The normalized spacial score (nSPS) is 20.7. The molecule has 1 saturated carbocycles. The first-order valence-corrected chi connectivity index (χ1v) is 9.86. The van der Waals surface area contributed by atoms with Crippen LogP contribution in [0.2, 0.25) is 0 Å². The number of cyclic esters (lactones) is 2. The Morgan fingerprint density at radius 2 is 1.86 bits per heavy atom. The summed E-state index contributed by atoms with van der Waals surface area (Å²) >= 11 is 0. The van der Waals surface area contributed by atoms with E-state index in [-0.39, 0.29) is 12.6 Å². The van der Waals surface area contributed by atoms with Crippen LogP contribution in [0.3, 0.4) is 0 Å². The molecule has 1 aromatic heterocycles. The molecular formula is C21H24N2O6. The quantitative estimate of drug-likeness (QED) is 0.637. The summed E-state index contributed by atoms with van der Waals surface area (Å²) in [5, 5.41) is 14.9. The molecule has 0 saturated heterocycles. The molecule has 2 aliphatic rings. The van der Waals surface area contributed by atoms with Gasteiger partial charge in [-0.2, -0.15) is 0 Å². The third-order valence-electron chi connectivity index (χ3n) is 5.26. The van der Waals surface area contributed by atoms with Crippen LogP contribution in [0.15, 0.2) is 42.6 Å². The molecule has 3 N–H and O–H groups in total. The van der Waals surface area contributed by atoms with Gasteiger partial charge in [0, 0.05) is 41.8 Å². The van der Waals surface area contributed by atoms with Gasteiger partial charge < -0.3 is 29.6 Å². The fourth-order valence-corrected chi connectivity index (χ4v) is 3.76. The molecule has 0 spiro atoms. The van der Waals surface area contributed by atoms with E-state index in [1.807, 2.05) is 6.07 Å². The van der Waals surface area contributed by atoms with E-state index in [0.29, 0.717) is 11.1 Å². The largest absolute Gasteiger partial charge is 0.451 e. The van der Waals surface area contributed by atoms with Gasteiger partial charge in [0.2, 0.25) is 0 Å². The van der Waals surface area contributed by atoms with Gasteiger partial charge in [0.15, 0.2) is 6.10 Å². The van der Waals surface area contributed by atoms with E-state index < -0.39 is 24.0 Å². The summed E-state index contributed by atoms with van der Waals surface area (Å²) in [5.41, 5.74) is 0.789. The van der Waals surface area contributed by atoms with Crippen LogP contribution in [0, 0.1) is 0 Å². The van der Waals surface area contributed by atoms with E-state index in [2.05, 4.69) is 10.3 Å². The number of nitrogens with one attached hydrogen (secondary N) is 2. The number of carbonyl (C=O) groups excluding carboxylic acids is 2. The number of aliphatic hydroxyl groups excluding tert-OH is 1. The summed E-state index contributed by atoms with van der Waals surface area (Å²) in [6.07, 6.45) is 7.66. The Morgan fingerprint density at radius 1 is 1.14 bits per heavy atom. The highest BCUT2D eigenvalue weighted by atomic mass is 16.9. The van der Waals surface area contributed by atoms with Crippen molar-refractivity contribution >= 4 is 22.8 Å². The third-order valence-corrected chi connectivity index (χ3v) is 5.26. The molecule has 0 radical (unpaired) electrons. The molecule has 29 heavy (non-hydrogen) atoms. The molecule has 2 aromatic rings. The lowest BCUT2D eigenvalue weighted by molar-refractivity contribution is -0.339. The Hall–Kier alpha value is -2.84. The molecule has 1 aliphatic heterocycles. The zero-order valence-electron chi connectivity index (χ0n) is 15.9. The first-order valence-electron chi connectivity index (χ1n) is 9.86. The smallest absolute Gasteiger partial charge is 0.418 e. The molecule has 1 atom stereocenters. The van der Waals surface area contributed by atoms with E-state index in [1.54, 1.807) is 24.4 Å². The van der Waals surface area contributed by atoms with E-state index in [0.717, 1.165) is 43.4 Å². The first kappa shape index (κ1) is 19.5. The fraction of sp³-hybridized carbons (Fsp3) is 0.429. The number of aliphatic hydroxyl groups is 1. The summed E-state index contributed by atoms with van der Waals surface area (Å²) in [6.45, 7) is 0.0361. The Balaban J connectivity index is 1.60. The van der Waals surface area contributed by atoms with Gasteiger partial charge >= 0.3 is 17.9 Å². The number of rotatable bonds is 6. The Kier molecular flexibility index (Phi) is 5.55. The van der Waals surface area contributed by atoms with Crippen molar-refractivity contribution in [2.45, 2.75) is 50.2 Å². The van der Waals surface area contributed by atoms with Crippen molar-refractivity contribution in [3.63, 3.8) is 0 Å². The van der Waals surface area contributed by atoms with Crippen molar-refractivity contribution in [2.24, 2.45) is 0 Å². The summed E-state index contributed by atoms with van der Waals surface area (Å²) in [7, 11) is 0. The zero-order valence-corrected chi connectivity index (χ0v) is 15.9. The van der Waals surface area contributed by atoms with Gasteiger partial charge in [-0.3, -0.25) is 0 Å². The van der Waals surface area contributed by atoms with Gasteiger partial charge in [0.25, 0.3) is 0 Å². The van der Waals surface area contributed by atoms with E-state index in [4.69, 9.17) is 14.2 Å². The van der Waals surface area contributed by atoms with Gasteiger partial charge in [-0.05, 0) is 31.0 Å². The lowest BCUT2D eigenvalue weighted by Gasteiger charge is -2.35. The number of ether oxygens (including phenoxy) is 3. The second kappa shape index (κ2) is 8.26. The Morgan fingerprint density at radius 3 is 2.59 bits per heavy atom. The summed E-state index contributed by atoms with van der Waals surface area (Å²) in [6, 6.07) is 7.28. The molecule has 0 amide bonds. The lowest BCUT2D eigenvalue weighted by atomic mass is 9.95. The van der Waals surface area contributed by atoms with E-state index in [1.165, 1.54) is 6.42 Å². The van der Waals surface area contributed by atoms with E-state index >= 15 is 0 Å². The van der Waals surface area contributed by atoms with Crippen LogP contribution in [-0.2, 0) is 19.1 Å². The number of hydrogen-bond donors (Lipinski definition) is 3. The minimum atomic E-state index is -2.30. The predicted molar refractivity (Wildman–Crippen MR) is 104 cm³/mol. The van der Waals surface area contributed by atoms with Crippen LogP contribution in [0.1, 0.15) is 32.1 Å². The second-order valence-corrected chi connectivity index (χ2v) is 7.34. The van der Waals surface area contributed by atoms with Gasteiger partial charge in [0.1, 0.15) is 5.75 Å². The number of carbonyl (C=O) groups is 2. The van der Waals surface area contributed by atoms with Crippen molar-refractivity contribution < 1.29 is 28.9 Å². The molecule has 154 valence electrons. The predicted octanol–water partition coefficient (Wildman–Crippen LogP) is 2.14. The van der Waals surface area contributed by atoms with Crippen LogP contribution < -0.4 is 10.1 Å². The van der Waals surface area contributed by atoms with Crippen molar-refractivity contribution in [1.29, 1.82) is 0 Å². The average molecular weight is 400 g/mol. The number of hydrogen-bond acceptors (Lipinski definition) is 7.